The van der Waals surface area contributed by atoms with Crippen molar-refractivity contribution in [2.45, 2.75) is 45.6 Å². The molecule has 0 aromatic carbocycles. The van der Waals surface area contributed by atoms with E-state index < -0.39 is 0 Å². The summed E-state index contributed by atoms with van der Waals surface area (Å²) in [6.07, 6.45) is 4.97. The number of rotatable bonds is 4. The van der Waals surface area contributed by atoms with Gasteiger partial charge in [-0.1, -0.05) is 20.3 Å². The average Bonchev–Trinajstić information content (AvgIpc) is 2.41. The van der Waals surface area contributed by atoms with E-state index >= 15 is 0 Å². The van der Waals surface area contributed by atoms with Crippen molar-refractivity contribution in [3.8, 4) is 0 Å². The lowest BCUT2D eigenvalue weighted by Gasteiger charge is -2.29. The van der Waals surface area contributed by atoms with Gasteiger partial charge in [0.25, 0.3) is 0 Å². The van der Waals surface area contributed by atoms with E-state index in [4.69, 9.17) is 0 Å². The molecule has 0 bridgehead atoms. The highest BCUT2D eigenvalue weighted by atomic mass is 16.2. The molecule has 1 aliphatic heterocycles. The summed E-state index contributed by atoms with van der Waals surface area (Å²) in [6, 6.07) is 0.0880. The maximum atomic E-state index is 12.0. The Bertz CT molecular complexity index is 236. The van der Waals surface area contributed by atoms with Crippen molar-refractivity contribution >= 4 is 5.91 Å². The van der Waals surface area contributed by atoms with Gasteiger partial charge in [-0.05, 0) is 31.1 Å². The number of carbonyl (C=O) groups is 1. The fourth-order valence-corrected chi connectivity index (χ4v) is 2.40. The molecule has 3 heteroatoms. The lowest BCUT2D eigenvalue weighted by Crippen LogP contribution is -2.36. The van der Waals surface area contributed by atoms with Crippen molar-refractivity contribution in [3.05, 3.63) is 0 Å². The van der Waals surface area contributed by atoms with Crippen LogP contribution in [0.15, 0.2) is 0 Å². The van der Waals surface area contributed by atoms with Crippen LogP contribution >= 0.6 is 0 Å². The molecule has 1 heterocycles. The number of carbonyl (C=O) groups excluding carboxylic acids is 1. The van der Waals surface area contributed by atoms with Gasteiger partial charge in [0.05, 0.1) is 12.7 Å². The maximum Gasteiger partial charge on any atom is 0.240 e. The molecule has 1 unspecified atom stereocenters. The van der Waals surface area contributed by atoms with Gasteiger partial charge in [-0.3, -0.25) is 10.1 Å². The molecular formula is C12H22N2O. The van der Waals surface area contributed by atoms with E-state index in [-0.39, 0.29) is 6.04 Å². The second-order valence-corrected chi connectivity index (χ2v) is 5.40. The molecule has 2 fully saturated rings. The smallest absolute Gasteiger partial charge is 0.240 e. The fourth-order valence-electron chi connectivity index (χ4n) is 2.40. The molecule has 0 radical (unpaired) electrons. The zero-order valence-corrected chi connectivity index (χ0v) is 9.83. The first kappa shape index (κ1) is 10.9. The minimum Gasteiger partial charge on any atom is -0.328 e. The van der Waals surface area contributed by atoms with E-state index in [1.165, 1.54) is 19.3 Å². The van der Waals surface area contributed by atoms with Crippen LogP contribution in [0.1, 0.15) is 39.5 Å². The van der Waals surface area contributed by atoms with Crippen LogP contribution in [0, 0.1) is 11.8 Å². The van der Waals surface area contributed by atoms with E-state index in [1.807, 2.05) is 4.90 Å². The molecule has 1 atom stereocenters. The van der Waals surface area contributed by atoms with E-state index in [0.717, 1.165) is 25.6 Å². The van der Waals surface area contributed by atoms with Crippen molar-refractivity contribution in [3.63, 3.8) is 0 Å². The van der Waals surface area contributed by atoms with Crippen molar-refractivity contribution in [2.75, 3.05) is 13.2 Å². The van der Waals surface area contributed by atoms with Crippen molar-refractivity contribution in [1.29, 1.82) is 0 Å². The summed E-state index contributed by atoms with van der Waals surface area (Å²) < 4.78 is 0. The first-order valence-corrected chi connectivity index (χ1v) is 6.19. The first-order chi connectivity index (χ1) is 7.16. The molecule has 1 N–H and O–H groups in total. The van der Waals surface area contributed by atoms with Gasteiger partial charge in [-0.25, -0.2) is 0 Å². The van der Waals surface area contributed by atoms with Gasteiger partial charge in [-0.15, -0.1) is 0 Å². The van der Waals surface area contributed by atoms with Gasteiger partial charge < -0.3 is 4.90 Å². The Kier molecular flexibility index (Phi) is 3.29. The predicted molar refractivity (Wildman–Crippen MR) is 60.3 cm³/mol. The van der Waals surface area contributed by atoms with Crippen LogP contribution in [0.3, 0.4) is 0 Å². The Morgan fingerprint density at radius 2 is 2.20 bits per heavy atom. The SMILES string of the molecule is CC(C)CC1NCN(CC2CCC2)C1=O. The monoisotopic (exact) mass is 210 g/mol. The van der Waals surface area contributed by atoms with Gasteiger partial charge in [-0.2, -0.15) is 0 Å². The lowest BCUT2D eigenvalue weighted by molar-refractivity contribution is -0.130. The molecule has 86 valence electrons. The Morgan fingerprint density at radius 3 is 2.73 bits per heavy atom. The van der Waals surface area contributed by atoms with Crippen molar-refractivity contribution in [2.24, 2.45) is 11.8 Å². The molecule has 0 aromatic rings. The third-order valence-corrected chi connectivity index (χ3v) is 3.55. The minimum atomic E-state index is 0.0880. The molecule has 2 rings (SSSR count). The Balaban J connectivity index is 1.80. The molecule has 3 nitrogen and oxygen atoms in total. The second kappa shape index (κ2) is 4.52. The van der Waals surface area contributed by atoms with Gasteiger partial charge in [0.2, 0.25) is 5.91 Å². The zero-order chi connectivity index (χ0) is 10.8. The van der Waals surface area contributed by atoms with Crippen molar-refractivity contribution < 1.29 is 4.79 Å². The molecular weight excluding hydrogens is 188 g/mol. The van der Waals surface area contributed by atoms with Crippen molar-refractivity contribution in [1.82, 2.24) is 10.2 Å². The second-order valence-electron chi connectivity index (χ2n) is 5.40. The highest BCUT2D eigenvalue weighted by Gasteiger charge is 2.33. The summed E-state index contributed by atoms with van der Waals surface area (Å²) in [5.41, 5.74) is 0. The van der Waals surface area contributed by atoms with Crippen LogP contribution in [0.4, 0.5) is 0 Å². The Hall–Kier alpha value is -0.570. The lowest BCUT2D eigenvalue weighted by atomic mass is 9.85. The summed E-state index contributed by atoms with van der Waals surface area (Å²) in [4.78, 5) is 14.0. The minimum absolute atomic E-state index is 0.0880. The van der Waals surface area contributed by atoms with Crippen LogP contribution in [0.5, 0.6) is 0 Å². The summed E-state index contributed by atoms with van der Waals surface area (Å²) in [5.74, 6) is 1.71. The first-order valence-electron chi connectivity index (χ1n) is 6.19. The van der Waals surface area contributed by atoms with Crippen LogP contribution in [0.25, 0.3) is 0 Å². The molecule has 1 aliphatic carbocycles. The molecule has 0 spiro atoms. The van der Waals surface area contributed by atoms with E-state index in [0.29, 0.717) is 11.8 Å². The topological polar surface area (TPSA) is 32.3 Å². The van der Waals surface area contributed by atoms with Gasteiger partial charge >= 0.3 is 0 Å². The molecule has 1 saturated heterocycles. The summed E-state index contributed by atoms with van der Waals surface area (Å²) in [5, 5.41) is 3.32. The van der Waals surface area contributed by atoms with Gasteiger partial charge in [0, 0.05) is 6.54 Å². The van der Waals surface area contributed by atoms with E-state index in [1.54, 1.807) is 0 Å². The third-order valence-electron chi connectivity index (χ3n) is 3.55. The highest BCUT2D eigenvalue weighted by molar-refractivity contribution is 5.83. The number of nitrogens with zero attached hydrogens (tertiary/aromatic N) is 1. The maximum absolute atomic E-state index is 12.0. The molecule has 0 aromatic heterocycles. The van der Waals surface area contributed by atoms with Crippen LogP contribution < -0.4 is 5.32 Å². The standard InChI is InChI=1S/C12H22N2O/c1-9(2)6-11-12(15)14(8-13-11)7-10-4-3-5-10/h9-11,13H,3-8H2,1-2H3. The summed E-state index contributed by atoms with van der Waals surface area (Å²) in [7, 11) is 0. The highest BCUT2D eigenvalue weighted by Crippen LogP contribution is 2.28. The molecule has 1 amide bonds. The van der Waals surface area contributed by atoms with Crippen LogP contribution in [-0.2, 0) is 4.79 Å². The van der Waals surface area contributed by atoms with Gasteiger partial charge in [0.15, 0.2) is 0 Å². The number of nitrogens with one attached hydrogen (secondary N) is 1. The van der Waals surface area contributed by atoms with E-state index in [2.05, 4.69) is 19.2 Å². The fraction of sp³-hybridized carbons (Fsp3) is 0.917. The quantitative estimate of drug-likeness (QED) is 0.764. The largest absolute Gasteiger partial charge is 0.328 e. The summed E-state index contributed by atoms with van der Waals surface area (Å²) in [6.45, 7) is 6.10. The van der Waals surface area contributed by atoms with Crippen LogP contribution in [0.2, 0.25) is 0 Å². The number of hydrogen-bond donors (Lipinski definition) is 1. The van der Waals surface area contributed by atoms with Crippen LogP contribution in [-0.4, -0.2) is 30.1 Å². The molecule has 15 heavy (non-hydrogen) atoms. The molecule has 2 aliphatic rings. The average molecular weight is 210 g/mol. The Morgan fingerprint density at radius 1 is 1.47 bits per heavy atom. The zero-order valence-electron chi connectivity index (χ0n) is 9.83. The number of hydrogen-bond acceptors (Lipinski definition) is 2. The summed E-state index contributed by atoms with van der Waals surface area (Å²) >= 11 is 0. The normalized spacial score (nSPS) is 27.5. The predicted octanol–water partition coefficient (Wildman–Crippen LogP) is 1.59. The molecule has 1 saturated carbocycles. The third kappa shape index (κ3) is 2.51. The Labute approximate surface area is 92.2 Å². The van der Waals surface area contributed by atoms with Gasteiger partial charge in [0.1, 0.15) is 0 Å². The van der Waals surface area contributed by atoms with E-state index in [9.17, 15) is 4.79 Å². The number of amides is 1.